The van der Waals surface area contributed by atoms with Crippen molar-refractivity contribution in [2.24, 2.45) is 0 Å². The van der Waals surface area contributed by atoms with Gasteiger partial charge in [-0.2, -0.15) is 0 Å². The van der Waals surface area contributed by atoms with Crippen molar-refractivity contribution in [2.45, 2.75) is 20.8 Å². The monoisotopic (exact) mass is 203 g/mol. The van der Waals surface area contributed by atoms with E-state index in [1.165, 1.54) is 19.6 Å². The molecule has 0 aromatic carbocycles. The fourth-order valence-corrected chi connectivity index (χ4v) is 0.671. The molecule has 5 heteroatoms. The Balaban J connectivity index is -0.0000000600. The van der Waals surface area contributed by atoms with Crippen molar-refractivity contribution in [1.82, 2.24) is 4.90 Å². The Kier molecular flexibility index (Phi) is 22.3. The van der Waals surface area contributed by atoms with Gasteiger partial charge in [-0.15, -0.1) is 0 Å². The molecule has 12 heavy (non-hydrogen) atoms. The first-order chi connectivity index (χ1) is 5.08. The first-order valence-electron chi connectivity index (χ1n) is 3.72. The Hall–Kier alpha value is 0.866. The van der Waals surface area contributed by atoms with Crippen LogP contribution in [0.2, 0.25) is 0 Å². The Morgan fingerprint density at radius 1 is 1.17 bits per heavy atom. The second-order valence-electron chi connectivity index (χ2n) is 1.90. The van der Waals surface area contributed by atoms with Crippen molar-refractivity contribution in [3.8, 4) is 0 Å². The van der Waals surface area contributed by atoms with E-state index < -0.39 is 6.16 Å². The molecule has 0 saturated heterocycles. The predicted octanol–water partition coefficient (Wildman–Crippen LogP) is -1.31. The summed E-state index contributed by atoms with van der Waals surface area (Å²) in [6.45, 7) is 10.1. The zero-order valence-electron chi connectivity index (χ0n) is 9.37. The maximum Gasteiger partial charge on any atom is 1.00 e. The van der Waals surface area contributed by atoms with Gasteiger partial charge in [0.15, 0.2) is 0 Å². The van der Waals surface area contributed by atoms with E-state index >= 15 is 0 Å². The van der Waals surface area contributed by atoms with Gasteiger partial charge in [-0.25, -0.2) is 4.79 Å². The molecule has 2 N–H and O–H groups in total. The van der Waals surface area contributed by atoms with Gasteiger partial charge in [0.1, 0.15) is 0 Å². The molecule has 0 aliphatic heterocycles. The molecule has 0 unspecified atom stereocenters. The van der Waals surface area contributed by atoms with E-state index in [-0.39, 0.29) is 52.8 Å². The summed E-state index contributed by atoms with van der Waals surface area (Å²) in [6.07, 6.45) is -1.83. The van der Waals surface area contributed by atoms with E-state index in [9.17, 15) is 0 Å². The summed E-state index contributed by atoms with van der Waals surface area (Å²) in [5, 5.41) is 13.9. The van der Waals surface area contributed by atoms with Gasteiger partial charge in [0.25, 0.3) is 0 Å². The van der Waals surface area contributed by atoms with Crippen molar-refractivity contribution in [1.29, 1.82) is 0 Å². The van der Waals surface area contributed by atoms with Gasteiger partial charge in [0.2, 0.25) is 0 Å². The zero-order chi connectivity index (χ0) is 9.28. The largest absolute Gasteiger partial charge is 1.00 e. The Bertz CT molecular complexity index is 92.2. The molecule has 0 radical (unpaired) electrons. The van der Waals surface area contributed by atoms with Crippen molar-refractivity contribution in [3.05, 3.63) is 0 Å². The second-order valence-corrected chi connectivity index (χ2v) is 1.90. The summed E-state index contributed by atoms with van der Waals surface area (Å²) in [4.78, 5) is 10.9. The molecular formula is C7H18KNO3. The predicted molar refractivity (Wildman–Crippen MR) is 45.2 cm³/mol. The van der Waals surface area contributed by atoms with E-state index in [2.05, 4.69) is 25.7 Å². The number of nitrogens with zero attached hydrogens (tertiary/aromatic N) is 1. The minimum Gasteiger partial charge on any atom is -1.00 e. The summed E-state index contributed by atoms with van der Waals surface area (Å²) in [5.41, 5.74) is 0. The molecule has 0 saturated carbocycles. The van der Waals surface area contributed by atoms with Crippen molar-refractivity contribution < 1.29 is 67.8 Å². The van der Waals surface area contributed by atoms with Gasteiger partial charge < -0.3 is 16.5 Å². The van der Waals surface area contributed by atoms with E-state index in [4.69, 9.17) is 15.0 Å². The molecule has 0 aromatic rings. The van der Waals surface area contributed by atoms with Gasteiger partial charge in [0, 0.05) is 0 Å². The van der Waals surface area contributed by atoms with E-state index in [1.54, 1.807) is 0 Å². The zero-order valence-corrected chi connectivity index (χ0v) is 11.5. The Morgan fingerprint density at radius 3 is 1.33 bits per heavy atom. The molecule has 0 aliphatic rings. The third kappa shape index (κ3) is 22.4. The smallest absolute Gasteiger partial charge is 1.00 e. The van der Waals surface area contributed by atoms with Crippen molar-refractivity contribution >= 4 is 6.16 Å². The van der Waals surface area contributed by atoms with Crippen LogP contribution >= 0.6 is 0 Å². The molecule has 0 heterocycles. The fourth-order valence-electron chi connectivity index (χ4n) is 0.671. The van der Waals surface area contributed by atoms with Crippen LogP contribution in [0.5, 0.6) is 0 Å². The Labute approximate surface area is 118 Å². The molecule has 0 spiro atoms. The van der Waals surface area contributed by atoms with Crippen molar-refractivity contribution in [3.63, 3.8) is 0 Å². The second kappa shape index (κ2) is 14.4. The van der Waals surface area contributed by atoms with E-state index in [0.29, 0.717) is 0 Å². The van der Waals surface area contributed by atoms with Crippen LogP contribution in [0.15, 0.2) is 0 Å². The van der Waals surface area contributed by atoms with Crippen LogP contribution in [0.25, 0.3) is 0 Å². The molecule has 0 bridgehead atoms. The standard InChI is InChI=1S/C6H15N.CH2O3.K.H/c1-4-7(5-2)6-3;2-1(3)4;;/h4-6H2,1-3H3;(H2,2,3,4);;/q;;+1;-1. The number of rotatable bonds is 3. The number of carboxylic acid groups (broad SMARTS) is 2. The number of hydrogen-bond acceptors (Lipinski definition) is 2. The van der Waals surface area contributed by atoms with Gasteiger partial charge in [0.05, 0.1) is 0 Å². The van der Waals surface area contributed by atoms with Crippen LogP contribution in [-0.4, -0.2) is 40.9 Å². The summed E-state index contributed by atoms with van der Waals surface area (Å²) in [7, 11) is 0. The molecule has 0 amide bonds. The fraction of sp³-hybridized carbons (Fsp3) is 0.857. The first-order valence-corrected chi connectivity index (χ1v) is 3.72. The minimum atomic E-state index is -1.83. The summed E-state index contributed by atoms with van der Waals surface area (Å²) in [5.74, 6) is 0. The van der Waals surface area contributed by atoms with Gasteiger partial charge in [-0.1, -0.05) is 20.8 Å². The van der Waals surface area contributed by atoms with Crippen LogP contribution in [0.1, 0.15) is 22.2 Å². The molecule has 0 atom stereocenters. The van der Waals surface area contributed by atoms with Gasteiger partial charge in [-0.3, -0.25) is 0 Å². The SMILES string of the molecule is CCN(CC)CC.O=C(O)O.[H-].[K+]. The van der Waals surface area contributed by atoms with Crippen molar-refractivity contribution in [2.75, 3.05) is 19.6 Å². The van der Waals surface area contributed by atoms with Crippen LogP contribution in [-0.2, 0) is 0 Å². The minimum absolute atomic E-state index is 0. The normalized spacial score (nSPS) is 8.00. The topological polar surface area (TPSA) is 60.8 Å². The van der Waals surface area contributed by atoms with Crippen LogP contribution in [0.4, 0.5) is 4.79 Å². The number of hydrogen-bond donors (Lipinski definition) is 2. The van der Waals surface area contributed by atoms with E-state index in [0.717, 1.165) is 0 Å². The molecule has 0 aliphatic carbocycles. The Morgan fingerprint density at radius 2 is 1.33 bits per heavy atom. The molecule has 4 nitrogen and oxygen atoms in total. The summed E-state index contributed by atoms with van der Waals surface area (Å²) < 4.78 is 0. The maximum absolute atomic E-state index is 8.56. The third-order valence-corrected chi connectivity index (χ3v) is 1.34. The van der Waals surface area contributed by atoms with Crippen LogP contribution in [0, 0.1) is 0 Å². The first kappa shape index (κ1) is 18.6. The number of carbonyl (C=O) groups is 1. The molecular weight excluding hydrogens is 185 g/mol. The summed E-state index contributed by atoms with van der Waals surface area (Å²) >= 11 is 0. The maximum atomic E-state index is 8.56. The molecule has 0 aromatic heterocycles. The van der Waals surface area contributed by atoms with Crippen LogP contribution < -0.4 is 51.4 Å². The van der Waals surface area contributed by atoms with E-state index in [1.807, 2.05) is 0 Å². The van der Waals surface area contributed by atoms with Gasteiger partial charge in [-0.05, 0) is 19.6 Å². The average molecular weight is 203 g/mol. The molecule has 70 valence electrons. The quantitative estimate of drug-likeness (QED) is 0.559. The average Bonchev–Trinajstić information content (AvgIpc) is 1.90. The summed E-state index contributed by atoms with van der Waals surface area (Å²) in [6, 6.07) is 0. The molecule has 0 rings (SSSR count). The van der Waals surface area contributed by atoms with Gasteiger partial charge >= 0.3 is 57.5 Å². The molecule has 0 fully saturated rings. The third-order valence-electron chi connectivity index (χ3n) is 1.34. The van der Waals surface area contributed by atoms with Crippen LogP contribution in [0.3, 0.4) is 0 Å².